The second-order valence-electron chi connectivity index (χ2n) is 12.5. The highest BCUT2D eigenvalue weighted by molar-refractivity contribution is 5.92. The van der Waals surface area contributed by atoms with E-state index < -0.39 is 47.6 Å². The van der Waals surface area contributed by atoms with Crippen LogP contribution in [0.1, 0.15) is 58.6 Å². The maximum Gasteiger partial charge on any atom is 0.408 e. The molecule has 4 rings (SSSR count). The summed E-state index contributed by atoms with van der Waals surface area (Å²) in [6.45, 7) is 9.57. The average Bonchev–Trinajstić information content (AvgIpc) is 3.00. The normalized spacial score (nSPS) is 19.9. The van der Waals surface area contributed by atoms with E-state index >= 15 is 0 Å². The van der Waals surface area contributed by atoms with E-state index in [9.17, 15) is 24.3 Å². The van der Waals surface area contributed by atoms with E-state index in [4.69, 9.17) is 9.47 Å². The lowest BCUT2D eigenvalue weighted by molar-refractivity contribution is -0.132. The highest BCUT2D eigenvalue weighted by Crippen LogP contribution is 2.16. The molecule has 0 radical (unpaired) electrons. The van der Waals surface area contributed by atoms with Crippen LogP contribution in [0.25, 0.3) is 0 Å². The second-order valence-corrected chi connectivity index (χ2v) is 12.5. The van der Waals surface area contributed by atoms with E-state index in [0.29, 0.717) is 31.7 Å². The average molecular weight is 625 g/mol. The zero-order valence-corrected chi connectivity index (χ0v) is 26.9. The highest BCUT2D eigenvalue weighted by Gasteiger charge is 2.32. The van der Waals surface area contributed by atoms with Crippen LogP contribution in [0.15, 0.2) is 54.6 Å². The lowest BCUT2D eigenvalue weighted by Crippen LogP contribution is -2.57. The van der Waals surface area contributed by atoms with Crippen LogP contribution in [0.2, 0.25) is 0 Å². The van der Waals surface area contributed by atoms with Gasteiger partial charge < -0.3 is 35.8 Å². The maximum atomic E-state index is 13.7. The summed E-state index contributed by atoms with van der Waals surface area (Å²) in [4.78, 5) is 52.8. The smallest absolute Gasteiger partial charge is 0.408 e. The van der Waals surface area contributed by atoms with Crippen molar-refractivity contribution in [2.75, 3.05) is 19.7 Å². The number of carbonyl (C=O) groups is 4. The van der Waals surface area contributed by atoms with Crippen molar-refractivity contribution in [3.8, 4) is 5.75 Å². The Kier molecular flexibility index (Phi) is 13.4. The quantitative estimate of drug-likeness (QED) is 0.270. The van der Waals surface area contributed by atoms with Crippen molar-refractivity contribution in [3.05, 3.63) is 65.7 Å². The molecule has 5 atom stereocenters. The van der Waals surface area contributed by atoms with Crippen LogP contribution >= 0.6 is 0 Å². The molecule has 11 heteroatoms. The third-order valence-corrected chi connectivity index (χ3v) is 7.57. The van der Waals surface area contributed by atoms with Crippen molar-refractivity contribution < 1.29 is 33.8 Å². The predicted octanol–water partition coefficient (Wildman–Crippen LogP) is 2.68. The topological polar surface area (TPSA) is 155 Å². The summed E-state index contributed by atoms with van der Waals surface area (Å²) in [6, 6.07) is 13.8. The number of fused-ring (bicyclic) bond motifs is 12. The fourth-order valence-electron chi connectivity index (χ4n) is 4.86. The third-order valence-electron chi connectivity index (χ3n) is 7.57. The van der Waals surface area contributed by atoms with E-state index in [1.807, 2.05) is 68.4 Å². The number of rotatable bonds is 10. The van der Waals surface area contributed by atoms with Gasteiger partial charge in [0.15, 0.2) is 5.78 Å². The number of aliphatic hydroxyl groups is 1. The van der Waals surface area contributed by atoms with Gasteiger partial charge in [0.1, 0.15) is 23.5 Å². The van der Waals surface area contributed by atoms with Gasteiger partial charge in [-0.05, 0) is 69.2 Å². The Morgan fingerprint density at radius 3 is 2.40 bits per heavy atom. The molecule has 246 valence electrons. The molecule has 45 heavy (non-hydrogen) atoms. The molecule has 3 amide bonds. The zero-order valence-electron chi connectivity index (χ0n) is 26.9. The first-order chi connectivity index (χ1) is 21.4. The van der Waals surface area contributed by atoms with Crippen LogP contribution < -0.4 is 26.0 Å². The Morgan fingerprint density at radius 1 is 1.07 bits per heavy atom. The van der Waals surface area contributed by atoms with Crippen molar-refractivity contribution in [1.82, 2.24) is 21.3 Å². The van der Waals surface area contributed by atoms with E-state index in [0.717, 1.165) is 11.1 Å². The number of benzene rings is 2. The maximum absolute atomic E-state index is 13.7. The van der Waals surface area contributed by atoms with Gasteiger partial charge in [0.05, 0.1) is 18.7 Å². The minimum absolute atomic E-state index is 0.134. The van der Waals surface area contributed by atoms with Crippen LogP contribution in [-0.2, 0) is 32.0 Å². The summed E-state index contributed by atoms with van der Waals surface area (Å²) in [5, 5.41) is 22.5. The van der Waals surface area contributed by atoms with Gasteiger partial charge in [-0.15, -0.1) is 0 Å². The monoisotopic (exact) mass is 624 g/mol. The molecule has 0 saturated heterocycles. The molecule has 2 aromatic rings. The summed E-state index contributed by atoms with van der Waals surface area (Å²) in [5.74, 6) is -0.802. The first-order valence-corrected chi connectivity index (χ1v) is 15.6. The summed E-state index contributed by atoms with van der Waals surface area (Å²) < 4.78 is 11.1. The van der Waals surface area contributed by atoms with E-state index in [-0.39, 0.29) is 31.2 Å². The lowest BCUT2D eigenvalue weighted by atomic mass is 9.96. The largest absolute Gasteiger partial charge is 0.494 e. The molecule has 0 aromatic heterocycles. The zero-order chi connectivity index (χ0) is 33.0. The van der Waals surface area contributed by atoms with E-state index in [1.54, 1.807) is 20.8 Å². The molecule has 0 saturated carbocycles. The number of carbonyl (C=O) groups excluding carboxylic acids is 4. The molecule has 2 heterocycles. The second kappa shape index (κ2) is 16.9. The fraction of sp³-hybridized carbons (Fsp3) is 0.529. The van der Waals surface area contributed by atoms with Gasteiger partial charge in [0.25, 0.3) is 0 Å². The summed E-state index contributed by atoms with van der Waals surface area (Å²) in [6.07, 6.45) is -0.687. The molecule has 2 aliphatic heterocycles. The molecule has 5 N–H and O–H groups in total. The first kappa shape index (κ1) is 35.5. The van der Waals surface area contributed by atoms with Gasteiger partial charge in [-0.3, -0.25) is 14.4 Å². The Morgan fingerprint density at radius 2 is 1.76 bits per heavy atom. The summed E-state index contributed by atoms with van der Waals surface area (Å²) in [7, 11) is 0. The Balaban J connectivity index is 1.79. The number of amides is 3. The SMILES string of the molecule is CCC(C)[C@@H]1NC(=O)[C@@H](NC[C@H](O)C(=O)[C@H](Cc2ccccc2)NC(=O)OC(C)(C)C)Cc2ccc(cc2)OCCCNC1=O. The van der Waals surface area contributed by atoms with Crippen molar-refractivity contribution >= 4 is 23.7 Å². The summed E-state index contributed by atoms with van der Waals surface area (Å²) >= 11 is 0. The van der Waals surface area contributed by atoms with Crippen LogP contribution in [-0.4, -0.2) is 78.3 Å². The molecule has 11 nitrogen and oxygen atoms in total. The fourth-order valence-corrected chi connectivity index (χ4v) is 4.86. The molecule has 2 bridgehead atoms. The van der Waals surface area contributed by atoms with Gasteiger partial charge in [0, 0.05) is 13.1 Å². The van der Waals surface area contributed by atoms with Crippen molar-refractivity contribution in [3.63, 3.8) is 0 Å². The van der Waals surface area contributed by atoms with E-state index in [1.165, 1.54) is 0 Å². The van der Waals surface area contributed by atoms with Crippen LogP contribution in [0.3, 0.4) is 0 Å². The first-order valence-electron chi connectivity index (χ1n) is 15.6. The Bertz CT molecular complexity index is 1260. The molecule has 0 aliphatic carbocycles. The third kappa shape index (κ3) is 11.8. The number of alkyl carbamates (subject to hydrolysis) is 1. The number of ketones is 1. The van der Waals surface area contributed by atoms with Gasteiger partial charge in [-0.2, -0.15) is 0 Å². The lowest BCUT2D eigenvalue weighted by Gasteiger charge is -2.28. The van der Waals surface area contributed by atoms with Gasteiger partial charge in [-0.25, -0.2) is 4.79 Å². The Hall–Kier alpha value is -3.96. The standard InChI is InChI=1S/C34H48N4O7/c1-6-22(2)29-32(42)35-17-10-18-44-25-15-13-24(14-16-25)20-27(31(41)38-29)36-21-28(39)30(40)26(19-23-11-8-7-9-12-23)37-33(43)45-34(3,4)5/h7-9,11-16,22,26-29,36,39H,6,10,17-21H2,1-5H3,(H,35,42)(H,37,43)(H,38,41)/t22?,26-,27-,28-,29-/m0/s1. The van der Waals surface area contributed by atoms with Crippen LogP contribution in [0.5, 0.6) is 5.75 Å². The molecule has 0 fully saturated rings. The number of nitrogens with one attached hydrogen (secondary N) is 4. The molecule has 2 aromatic carbocycles. The van der Waals surface area contributed by atoms with Gasteiger partial charge in [-0.1, -0.05) is 62.7 Å². The predicted molar refractivity (Wildman–Crippen MR) is 171 cm³/mol. The summed E-state index contributed by atoms with van der Waals surface area (Å²) in [5.41, 5.74) is 0.830. The number of ether oxygens (including phenoxy) is 2. The highest BCUT2D eigenvalue weighted by atomic mass is 16.6. The Labute approximate surface area is 265 Å². The molecule has 1 unspecified atom stereocenters. The van der Waals surface area contributed by atoms with E-state index in [2.05, 4.69) is 21.3 Å². The van der Waals surface area contributed by atoms with Crippen LogP contribution in [0.4, 0.5) is 4.79 Å². The van der Waals surface area contributed by atoms with Crippen molar-refractivity contribution in [1.29, 1.82) is 0 Å². The van der Waals surface area contributed by atoms with Crippen molar-refractivity contribution in [2.45, 2.75) is 90.1 Å². The van der Waals surface area contributed by atoms with Gasteiger partial charge in [0.2, 0.25) is 11.8 Å². The minimum atomic E-state index is -1.55. The minimum Gasteiger partial charge on any atom is -0.494 e. The number of hydrogen-bond acceptors (Lipinski definition) is 8. The van der Waals surface area contributed by atoms with Crippen molar-refractivity contribution in [2.24, 2.45) is 5.92 Å². The molecular weight excluding hydrogens is 576 g/mol. The molecule has 0 spiro atoms. The number of aliphatic hydroxyl groups excluding tert-OH is 1. The number of hydrogen-bond donors (Lipinski definition) is 5. The number of Topliss-reactive ketones (excluding diaryl/α,β-unsaturated/α-hetero) is 1. The van der Waals surface area contributed by atoms with Crippen LogP contribution in [0, 0.1) is 5.92 Å². The molecule has 2 aliphatic rings. The molecular formula is C34H48N4O7. The van der Waals surface area contributed by atoms with Gasteiger partial charge >= 0.3 is 6.09 Å².